The van der Waals surface area contributed by atoms with Crippen LogP contribution >= 0.6 is 23.5 Å². The van der Waals surface area contributed by atoms with Gasteiger partial charge >= 0.3 is 0 Å². The van der Waals surface area contributed by atoms with Crippen LogP contribution < -0.4 is 0 Å². The molecule has 1 saturated heterocycles. The maximum absolute atomic E-state index is 10.7. The van der Waals surface area contributed by atoms with Gasteiger partial charge in [-0.1, -0.05) is 29.8 Å². The topological polar surface area (TPSA) is 169 Å². The zero-order valence-electron chi connectivity index (χ0n) is 14.8. The van der Waals surface area contributed by atoms with Crippen molar-refractivity contribution >= 4 is 39.0 Å². The Morgan fingerprint density at radius 3 is 2.41 bits per heavy atom. The van der Waals surface area contributed by atoms with E-state index < -0.39 is 46.9 Å². The van der Waals surface area contributed by atoms with Crippen molar-refractivity contribution in [2.45, 2.75) is 62.0 Å². The van der Waals surface area contributed by atoms with Crippen LogP contribution in [0.25, 0.3) is 0 Å². The van der Waals surface area contributed by atoms with E-state index in [9.17, 15) is 33.4 Å². The van der Waals surface area contributed by atoms with E-state index in [2.05, 4.69) is 9.44 Å². The molecule has 5 atom stereocenters. The lowest BCUT2D eigenvalue weighted by atomic mass is 10.0. The molecule has 13 heteroatoms. The molecule has 0 bridgehead atoms. The third kappa shape index (κ3) is 9.28. The largest absolute Gasteiger partial charge is 0.714 e. The Balaban J connectivity index is 2.71. The predicted octanol–water partition coefficient (Wildman–Crippen LogP) is -0.377. The molecule has 0 saturated carbocycles. The van der Waals surface area contributed by atoms with Gasteiger partial charge in [0.2, 0.25) is 0 Å². The number of aliphatic hydroxyl groups is 4. The maximum Gasteiger partial charge on any atom is 0.284 e. The fourth-order valence-corrected chi connectivity index (χ4v) is 4.22. The van der Waals surface area contributed by atoms with Gasteiger partial charge in [-0.05, 0) is 31.3 Å². The first kappa shape index (κ1) is 24.9. The Morgan fingerprint density at radius 2 is 1.81 bits per heavy atom. The number of ether oxygens (including phenoxy) is 1. The molecule has 27 heavy (non-hydrogen) atoms. The summed E-state index contributed by atoms with van der Waals surface area (Å²) in [6.45, 7) is -0.588. The standard InChI is InChI=1S/C14H27NO9S3/c1-25-7-5-3-2-4-6-10(15-24-27(20,21)22)26-14-13(19)12(18)11(17)9(8-16)23-14/h9,11-14,16-19H,2-8H2,1H3,(H,20,21,22)/p-1/b15-10-. The zero-order valence-corrected chi connectivity index (χ0v) is 17.3. The van der Waals surface area contributed by atoms with Crippen LogP contribution in [0.5, 0.6) is 0 Å². The highest BCUT2D eigenvalue weighted by Crippen LogP contribution is 2.30. The van der Waals surface area contributed by atoms with E-state index in [0.29, 0.717) is 6.42 Å². The molecule has 0 spiro atoms. The van der Waals surface area contributed by atoms with Crippen molar-refractivity contribution in [2.24, 2.45) is 5.16 Å². The molecule has 1 aliphatic rings. The van der Waals surface area contributed by atoms with Crippen LogP contribution in [0, 0.1) is 0 Å². The molecule has 160 valence electrons. The van der Waals surface area contributed by atoms with E-state index in [1.54, 1.807) is 11.8 Å². The highest BCUT2D eigenvalue weighted by Gasteiger charge is 2.44. The van der Waals surface area contributed by atoms with E-state index in [-0.39, 0.29) is 11.5 Å². The Kier molecular flexibility index (Phi) is 11.5. The van der Waals surface area contributed by atoms with Gasteiger partial charge in [-0.3, -0.25) is 4.28 Å². The SMILES string of the molecule is CSCCCCCC/C(=N/OS(=O)(=O)[O-])SC1OC(CO)C(O)C(O)C1O. The van der Waals surface area contributed by atoms with Crippen molar-refractivity contribution in [3.05, 3.63) is 0 Å². The minimum Gasteiger partial charge on any atom is -0.714 e. The first-order chi connectivity index (χ1) is 12.7. The number of thioether (sulfide) groups is 2. The Bertz CT molecular complexity index is 558. The summed E-state index contributed by atoms with van der Waals surface area (Å²) in [5.41, 5.74) is -1.13. The average Bonchev–Trinajstić information content (AvgIpc) is 2.61. The fourth-order valence-electron chi connectivity index (χ4n) is 2.39. The molecule has 0 aliphatic carbocycles. The zero-order chi connectivity index (χ0) is 20.4. The molecule has 0 amide bonds. The monoisotopic (exact) mass is 448 g/mol. The first-order valence-electron chi connectivity index (χ1n) is 8.37. The van der Waals surface area contributed by atoms with E-state index in [4.69, 9.17) is 4.74 Å². The highest BCUT2D eigenvalue weighted by molar-refractivity contribution is 8.14. The molecule has 5 unspecified atom stereocenters. The van der Waals surface area contributed by atoms with Crippen LogP contribution in [-0.4, -0.2) is 86.9 Å². The predicted molar refractivity (Wildman–Crippen MR) is 101 cm³/mol. The van der Waals surface area contributed by atoms with Gasteiger partial charge in [-0.25, -0.2) is 0 Å². The van der Waals surface area contributed by atoms with E-state index in [0.717, 1.165) is 36.8 Å². The molecule has 0 radical (unpaired) electrons. The number of hydrogen-bond donors (Lipinski definition) is 4. The van der Waals surface area contributed by atoms with Crippen LogP contribution in [-0.2, 0) is 19.4 Å². The molecule has 1 rings (SSSR count). The third-order valence-corrected chi connectivity index (χ3v) is 5.95. The van der Waals surface area contributed by atoms with Crippen LogP contribution in [0.15, 0.2) is 5.16 Å². The van der Waals surface area contributed by atoms with E-state index in [1.165, 1.54) is 0 Å². The van der Waals surface area contributed by atoms with Crippen LogP contribution in [0.3, 0.4) is 0 Å². The second-order valence-corrected chi connectivity index (χ2v) is 9.06. The van der Waals surface area contributed by atoms with Crippen molar-refractivity contribution in [3.63, 3.8) is 0 Å². The number of unbranched alkanes of at least 4 members (excludes halogenated alkanes) is 3. The average molecular weight is 449 g/mol. The molecule has 0 aromatic rings. The maximum atomic E-state index is 10.7. The van der Waals surface area contributed by atoms with Gasteiger partial charge in [0.1, 0.15) is 34.9 Å². The fraction of sp³-hybridized carbons (Fsp3) is 0.929. The number of nitrogens with zero attached hydrogens (tertiary/aromatic N) is 1. The third-order valence-electron chi connectivity index (χ3n) is 3.82. The summed E-state index contributed by atoms with van der Waals surface area (Å²) in [4.78, 5) is 0. The molecular weight excluding hydrogens is 422 g/mol. The first-order valence-corrected chi connectivity index (χ1v) is 12.0. The molecular formula is C14H26NO9S3-. The number of aliphatic hydroxyl groups excluding tert-OH is 4. The van der Waals surface area contributed by atoms with Gasteiger partial charge in [-0.2, -0.15) is 20.2 Å². The number of oxime groups is 1. The van der Waals surface area contributed by atoms with Crippen molar-refractivity contribution in [2.75, 3.05) is 18.6 Å². The smallest absolute Gasteiger partial charge is 0.284 e. The molecule has 1 aliphatic heterocycles. The lowest BCUT2D eigenvalue weighted by Crippen LogP contribution is -2.57. The summed E-state index contributed by atoms with van der Waals surface area (Å²) < 4.78 is 41.2. The molecule has 4 N–H and O–H groups in total. The van der Waals surface area contributed by atoms with Crippen molar-refractivity contribution in [3.8, 4) is 0 Å². The summed E-state index contributed by atoms with van der Waals surface area (Å²) in [7, 11) is -5.04. The Hall–Kier alpha value is -0.120. The molecule has 10 nitrogen and oxygen atoms in total. The Labute approximate surface area is 167 Å². The molecule has 0 aromatic carbocycles. The number of rotatable bonds is 11. The summed E-state index contributed by atoms with van der Waals surface area (Å²) in [5.74, 6) is 1.04. The Morgan fingerprint density at radius 1 is 1.15 bits per heavy atom. The van der Waals surface area contributed by atoms with Crippen molar-refractivity contribution < 1.29 is 42.4 Å². The molecule has 1 heterocycles. The highest BCUT2D eigenvalue weighted by atomic mass is 32.3. The van der Waals surface area contributed by atoms with Crippen LogP contribution in [0.1, 0.15) is 32.1 Å². The van der Waals surface area contributed by atoms with E-state index >= 15 is 0 Å². The lowest BCUT2D eigenvalue weighted by molar-refractivity contribution is -0.205. The van der Waals surface area contributed by atoms with Crippen LogP contribution in [0.2, 0.25) is 0 Å². The van der Waals surface area contributed by atoms with Gasteiger partial charge in [0.15, 0.2) is 0 Å². The second-order valence-electron chi connectivity index (χ2n) is 5.94. The summed E-state index contributed by atoms with van der Waals surface area (Å²) in [5, 5.41) is 42.3. The van der Waals surface area contributed by atoms with E-state index in [1.807, 2.05) is 6.26 Å². The lowest BCUT2D eigenvalue weighted by Gasteiger charge is -2.39. The normalized spacial score (nSPS) is 29.7. The second kappa shape index (κ2) is 12.4. The van der Waals surface area contributed by atoms with Gasteiger partial charge < -0.3 is 29.7 Å². The van der Waals surface area contributed by atoms with Gasteiger partial charge in [0.25, 0.3) is 10.4 Å². The summed E-state index contributed by atoms with van der Waals surface area (Å²) in [6.07, 6.45) is 0.109. The van der Waals surface area contributed by atoms with Gasteiger partial charge in [0, 0.05) is 0 Å². The van der Waals surface area contributed by atoms with Gasteiger partial charge in [-0.15, -0.1) is 0 Å². The minimum atomic E-state index is -5.04. The van der Waals surface area contributed by atoms with Gasteiger partial charge in [0.05, 0.1) is 6.61 Å². The quantitative estimate of drug-likeness (QED) is 0.0811. The molecule has 1 fully saturated rings. The summed E-state index contributed by atoms with van der Waals surface area (Å²) in [6, 6.07) is 0. The minimum absolute atomic E-state index is 0.0867. The van der Waals surface area contributed by atoms with Crippen LogP contribution in [0.4, 0.5) is 0 Å². The van der Waals surface area contributed by atoms with Crippen molar-refractivity contribution in [1.29, 1.82) is 0 Å². The molecule has 0 aromatic heterocycles. The number of hydrogen-bond acceptors (Lipinski definition) is 12. The van der Waals surface area contributed by atoms with Crippen molar-refractivity contribution in [1.82, 2.24) is 0 Å². The summed E-state index contributed by atoms with van der Waals surface area (Å²) >= 11 is 2.52.